The monoisotopic (exact) mass is 342 g/mol. The summed E-state index contributed by atoms with van der Waals surface area (Å²) >= 11 is 0. The molecule has 0 atom stereocenters. The van der Waals surface area contributed by atoms with Crippen molar-refractivity contribution in [1.82, 2.24) is 0 Å². The minimum atomic E-state index is 0.826. The fourth-order valence-corrected chi connectivity index (χ4v) is 2.82. The molecule has 0 saturated heterocycles. The molecule has 138 valence electrons. The van der Waals surface area contributed by atoms with Gasteiger partial charge in [-0.3, -0.25) is 0 Å². The second kappa shape index (κ2) is 14.4. The van der Waals surface area contributed by atoms with Crippen LogP contribution in [0.1, 0.15) is 57.4 Å². The second-order valence-electron chi connectivity index (χ2n) is 6.12. The number of ether oxygens (including phenoxy) is 2. The average Bonchev–Trinajstić information content (AvgIpc) is 2.65. The molecule has 0 saturated carbocycles. The number of hydrogen-bond donors (Lipinski definition) is 0. The van der Waals surface area contributed by atoms with Gasteiger partial charge in [0.1, 0.15) is 0 Å². The van der Waals surface area contributed by atoms with E-state index < -0.39 is 0 Å². The van der Waals surface area contributed by atoms with Crippen LogP contribution < -0.4 is 9.47 Å². The Kier molecular flexibility index (Phi) is 12.1. The Labute approximate surface area is 154 Å². The van der Waals surface area contributed by atoms with Crippen LogP contribution in [0.2, 0.25) is 0 Å². The third-order valence-electron chi connectivity index (χ3n) is 4.18. The van der Waals surface area contributed by atoms with E-state index in [0.717, 1.165) is 24.3 Å². The predicted octanol–water partition coefficient (Wildman–Crippen LogP) is 6.67. The van der Waals surface area contributed by atoms with Crippen molar-refractivity contribution in [2.75, 3.05) is 14.2 Å². The fourth-order valence-electron chi connectivity index (χ4n) is 2.82. The van der Waals surface area contributed by atoms with Gasteiger partial charge < -0.3 is 9.47 Å². The second-order valence-corrected chi connectivity index (χ2v) is 6.12. The van der Waals surface area contributed by atoms with Gasteiger partial charge in [-0.05, 0) is 50.7 Å². The molecule has 0 aromatic heterocycles. The van der Waals surface area contributed by atoms with Gasteiger partial charge in [-0.2, -0.15) is 0 Å². The zero-order valence-electron chi connectivity index (χ0n) is 16.2. The Bertz CT molecular complexity index is 541. The van der Waals surface area contributed by atoms with E-state index in [-0.39, 0.29) is 0 Å². The third kappa shape index (κ3) is 9.19. The molecule has 0 N–H and O–H groups in total. The van der Waals surface area contributed by atoms with Crippen LogP contribution in [0.25, 0.3) is 0 Å². The highest BCUT2D eigenvalue weighted by Crippen LogP contribution is 2.31. The summed E-state index contributed by atoms with van der Waals surface area (Å²) in [5, 5.41) is 0. The van der Waals surface area contributed by atoms with Gasteiger partial charge in [0.2, 0.25) is 0 Å². The molecule has 0 amide bonds. The molecule has 0 aliphatic rings. The van der Waals surface area contributed by atoms with Crippen LogP contribution in [-0.4, -0.2) is 14.2 Å². The van der Waals surface area contributed by atoms with Gasteiger partial charge in [0, 0.05) is 0 Å². The molecular formula is C23H34O2. The van der Waals surface area contributed by atoms with Crippen molar-refractivity contribution >= 4 is 0 Å². The normalized spacial score (nSPS) is 11.8. The Morgan fingerprint density at radius 2 is 1.64 bits per heavy atom. The van der Waals surface area contributed by atoms with Gasteiger partial charge in [0.05, 0.1) is 14.2 Å². The molecule has 2 heteroatoms. The third-order valence-corrected chi connectivity index (χ3v) is 4.18. The first kappa shape index (κ1) is 21.1. The highest BCUT2D eigenvalue weighted by atomic mass is 16.5. The van der Waals surface area contributed by atoms with Crippen molar-refractivity contribution in [2.24, 2.45) is 0 Å². The number of para-hydroxylation sites is 1. The zero-order valence-corrected chi connectivity index (χ0v) is 16.2. The van der Waals surface area contributed by atoms with E-state index in [1.165, 1.54) is 44.1 Å². The number of methoxy groups -OCH3 is 2. The van der Waals surface area contributed by atoms with E-state index in [0.29, 0.717) is 0 Å². The number of rotatable bonds is 13. The molecule has 0 bridgehead atoms. The largest absolute Gasteiger partial charge is 0.493 e. The van der Waals surface area contributed by atoms with Gasteiger partial charge >= 0.3 is 0 Å². The van der Waals surface area contributed by atoms with E-state index in [1.54, 1.807) is 14.2 Å². The molecule has 0 spiro atoms. The van der Waals surface area contributed by atoms with Crippen LogP contribution in [0.4, 0.5) is 0 Å². The molecule has 1 aromatic rings. The first-order chi connectivity index (χ1) is 12.3. The maximum Gasteiger partial charge on any atom is 0.163 e. The number of allylic oxidation sites excluding steroid dienone is 6. The van der Waals surface area contributed by atoms with Crippen LogP contribution in [0, 0.1) is 0 Å². The fraction of sp³-hybridized carbons (Fsp3) is 0.478. The molecule has 0 radical (unpaired) electrons. The standard InChI is InChI=1S/C23H34O2/c1-4-5-6-7-8-9-10-11-12-13-14-15-16-18-21-19-17-20-22(24-2)23(21)25-3/h4-7,9-10,17,19-20H,8,11-16,18H2,1-3H3/b5-4+,7-6+,10-9-. The maximum atomic E-state index is 5.49. The summed E-state index contributed by atoms with van der Waals surface area (Å²) in [5.41, 5.74) is 1.25. The summed E-state index contributed by atoms with van der Waals surface area (Å²) < 4.78 is 10.8. The van der Waals surface area contributed by atoms with Gasteiger partial charge in [0.15, 0.2) is 11.5 Å². The van der Waals surface area contributed by atoms with E-state index in [4.69, 9.17) is 9.47 Å². The quantitative estimate of drug-likeness (QED) is 0.226. The summed E-state index contributed by atoms with van der Waals surface area (Å²) in [4.78, 5) is 0. The molecule has 25 heavy (non-hydrogen) atoms. The molecule has 0 heterocycles. The Hall–Kier alpha value is -1.96. The van der Waals surface area contributed by atoms with E-state index in [9.17, 15) is 0 Å². The lowest BCUT2D eigenvalue weighted by Gasteiger charge is -2.12. The summed E-state index contributed by atoms with van der Waals surface area (Å²) in [7, 11) is 3.40. The summed E-state index contributed by atoms with van der Waals surface area (Å²) in [6.07, 6.45) is 22.6. The SMILES string of the molecule is C/C=C/C=C/C/C=C\CCCCCCCc1cccc(OC)c1OC. The molecular weight excluding hydrogens is 308 g/mol. The smallest absolute Gasteiger partial charge is 0.163 e. The average molecular weight is 343 g/mol. The van der Waals surface area contributed by atoms with Crippen molar-refractivity contribution in [2.45, 2.75) is 58.3 Å². The first-order valence-electron chi connectivity index (χ1n) is 9.46. The van der Waals surface area contributed by atoms with Crippen molar-refractivity contribution in [1.29, 1.82) is 0 Å². The van der Waals surface area contributed by atoms with Crippen LogP contribution in [0.15, 0.2) is 54.7 Å². The van der Waals surface area contributed by atoms with Crippen molar-refractivity contribution in [3.05, 3.63) is 60.2 Å². The Balaban J connectivity index is 2.10. The number of unbranched alkanes of at least 4 members (excludes halogenated alkanes) is 5. The molecule has 0 aliphatic carbocycles. The van der Waals surface area contributed by atoms with Gasteiger partial charge in [-0.25, -0.2) is 0 Å². The summed E-state index contributed by atoms with van der Waals surface area (Å²) in [6, 6.07) is 6.12. The first-order valence-corrected chi connectivity index (χ1v) is 9.46. The lowest BCUT2D eigenvalue weighted by Crippen LogP contribution is -1.96. The maximum absolute atomic E-state index is 5.49. The number of aryl methyl sites for hydroxylation is 1. The van der Waals surface area contributed by atoms with E-state index in [1.807, 2.05) is 25.1 Å². The highest BCUT2D eigenvalue weighted by molar-refractivity contribution is 5.46. The van der Waals surface area contributed by atoms with Gasteiger partial charge in [-0.1, -0.05) is 67.9 Å². The van der Waals surface area contributed by atoms with Gasteiger partial charge in [-0.15, -0.1) is 0 Å². The summed E-state index contributed by atoms with van der Waals surface area (Å²) in [6.45, 7) is 2.04. The van der Waals surface area contributed by atoms with Gasteiger partial charge in [0.25, 0.3) is 0 Å². The predicted molar refractivity (Wildman–Crippen MR) is 109 cm³/mol. The van der Waals surface area contributed by atoms with Crippen LogP contribution in [-0.2, 0) is 6.42 Å². The molecule has 1 rings (SSSR count). The Morgan fingerprint density at radius 1 is 0.840 bits per heavy atom. The highest BCUT2D eigenvalue weighted by Gasteiger charge is 2.08. The minimum absolute atomic E-state index is 0.826. The topological polar surface area (TPSA) is 18.5 Å². The van der Waals surface area contributed by atoms with E-state index >= 15 is 0 Å². The van der Waals surface area contributed by atoms with Crippen LogP contribution >= 0.6 is 0 Å². The molecule has 2 nitrogen and oxygen atoms in total. The van der Waals surface area contributed by atoms with Crippen molar-refractivity contribution < 1.29 is 9.47 Å². The lowest BCUT2D eigenvalue weighted by atomic mass is 10.0. The van der Waals surface area contributed by atoms with Crippen molar-refractivity contribution in [3.63, 3.8) is 0 Å². The number of benzene rings is 1. The molecule has 0 aliphatic heterocycles. The van der Waals surface area contributed by atoms with Crippen LogP contribution in [0.3, 0.4) is 0 Å². The minimum Gasteiger partial charge on any atom is -0.493 e. The molecule has 0 fully saturated rings. The molecule has 1 aromatic carbocycles. The van der Waals surface area contributed by atoms with E-state index in [2.05, 4.69) is 36.4 Å². The number of hydrogen-bond acceptors (Lipinski definition) is 2. The lowest BCUT2D eigenvalue weighted by molar-refractivity contribution is 0.351. The molecule has 0 unspecified atom stereocenters. The summed E-state index contributed by atoms with van der Waals surface area (Å²) in [5.74, 6) is 1.71. The van der Waals surface area contributed by atoms with Crippen LogP contribution in [0.5, 0.6) is 11.5 Å². The zero-order chi connectivity index (χ0) is 18.2. The van der Waals surface area contributed by atoms with Crippen molar-refractivity contribution in [3.8, 4) is 11.5 Å². The Morgan fingerprint density at radius 3 is 2.40 bits per heavy atom.